The number of nitrogens with one attached hydrogen (secondary N) is 1. The fraction of sp³-hybridized carbons (Fsp3) is 0.917. The first kappa shape index (κ1) is 13.5. The SMILES string of the molecule is CCCN(CC(NC1CC1)C(=O)O)C(C)C. The second kappa shape index (κ2) is 6.21. The number of hydrogen-bond acceptors (Lipinski definition) is 3. The van der Waals surface area contributed by atoms with E-state index in [1.165, 1.54) is 0 Å². The van der Waals surface area contributed by atoms with Gasteiger partial charge in [-0.15, -0.1) is 0 Å². The molecule has 0 amide bonds. The van der Waals surface area contributed by atoms with Crippen molar-refractivity contribution in [3.63, 3.8) is 0 Å². The molecule has 0 saturated heterocycles. The zero-order valence-electron chi connectivity index (χ0n) is 10.6. The van der Waals surface area contributed by atoms with Crippen LogP contribution in [0, 0.1) is 0 Å². The van der Waals surface area contributed by atoms with E-state index in [1.807, 2.05) is 0 Å². The summed E-state index contributed by atoms with van der Waals surface area (Å²) in [7, 11) is 0. The van der Waals surface area contributed by atoms with Crippen molar-refractivity contribution in [2.45, 2.75) is 58.2 Å². The van der Waals surface area contributed by atoms with Crippen LogP contribution in [0.3, 0.4) is 0 Å². The largest absolute Gasteiger partial charge is 0.480 e. The maximum Gasteiger partial charge on any atom is 0.322 e. The zero-order chi connectivity index (χ0) is 12.1. The number of rotatable bonds is 8. The second-order valence-corrected chi connectivity index (χ2v) is 4.92. The molecule has 1 aliphatic rings. The molecule has 0 spiro atoms. The third kappa shape index (κ3) is 4.49. The van der Waals surface area contributed by atoms with E-state index in [-0.39, 0.29) is 0 Å². The molecular formula is C12H24N2O2. The Morgan fingerprint density at radius 1 is 1.50 bits per heavy atom. The maximum absolute atomic E-state index is 11.1. The highest BCUT2D eigenvalue weighted by Gasteiger charge is 2.29. The van der Waals surface area contributed by atoms with Crippen molar-refractivity contribution in [2.75, 3.05) is 13.1 Å². The summed E-state index contributed by atoms with van der Waals surface area (Å²) in [5.74, 6) is -0.728. The van der Waals surface area contributed by atoms with E-state index < -0.39 is 12.0 Å². The molecule has 0 heterocycles. The molecule has 1 atom stereocenters. The van der Waals surface area contributed by atoms with E-state index in [9.17, 15) is 4.79 Å². The lowest BCUT2D eigenvalue weighted by Gasteiger charge is -2.29. The van der Waals surface area contributed by atoms with Crippen molar-refractivity contribution in [1.29, 1.82) is 0 Å². The summed E-state index contributed by atoms with van der Waals surface area (Å²) in [4.78, 5) is 13.4. The summed E-state index contributed by atoms with van der Waals surface area (Å²) < 4.78 is 0. The normalized spacial score (nSPS) is 18.1. The Morgan fingerprint density at radius 2 is 2.12 bits per heavy atom. The molecule has 1 fully saturated rings. The quantitative estimate of drug-likeness (QED) is 0.658. The van der Waals surface area contributed by atoms with Gasteiger partial charge in [-0.3, -0.25) is 9.69 Å². The first-order valence-corrected chi connectivity index (χ1v) is 6.27. The molecule has 0 bridgehead atoms. The van der Waals surface area contributed by atoms with E-state index in [0.29, 0.717) is 18.6 Å². The van der Waals surface area contributed by atoms with Gasteiger partial charge < -0.3 is 10.4 Å². The lowest BCUT2D eigenvalue weighted by Crippen LogP contribution is -2.49. The smallest absolute Gasteiger partial charge is 0.322 e. The van der Waals surface area contributed by atoms with Gasteiger partial charge in [0.15, 0.2) is 0 Å². The molecule has 1 saturated carbocycles. The molecule has 0 aromatic rings. The molecule has 1 rings (SSSR count). The van der Waals surface area contributed by atoms with Crippen LogP contribution < -0.4 is 5.32 Å². The highest BCUT2D eigenvalue weighted by Crippen LogP contribution is 2.19. The maximum atomic E-state index is 11.1. The Labute approximate surface area is 98.0 Å². The van der Waals surface area contributed by atoms with Gasteiger partial charge in [-0.05, 0) is 39.7 Å². The predicted octanol–water partition coefficient (Wildman–Crippen LogP) is 1.31. The van der Waals surface area contributed by atoms with Gasteiger partial charge in [0.05, 0.1) is 0 Å². The van der Waals surface area contributed by atoms with Gasteiger partial charge in [0.25, 0.3) is 0 Å². The summed E-state index contributed by atoms with van der Waals surface area (Å²) in [5.41, 5.74) is 0. The van der Waals surface area contributed by atoms with Crippen molar-refractivity contribution in [2.24, 2.45) is 0 Å². The minimum absolute atomic E-state index is 0.405. The van der Waals surface area contributed by atoms with Crippen molar-refractivity contribution in [3.8, 4) is 0 Å². The Hall–Kier alpha value is -0.610. The van der Waals surface area contributed by atoms with Crippen molar-refractivity contribution in [3.05, 3.63) is 0 Å². The zero-order valence-corrected chi connectivity index (χ0v) is 10.6. The van der Waals surface area contributed by atoms with E-state index in [2.05, 4.69) is 31.0 Å². The van der Waals surface area contributed by atoms with E-state index in [0.717, 1.165) is 25.8 Å². The first-order valence-electron chi connectivity index (χ1n) is 6.27. The number of carbonyl (C=O) groups is 1. The van der Waals surface area contributed by atoms with Crippen LogP contribution in [0.15, 0.2) is 0 Å². The van der Waals surface area contributed by atoms with E-state index in [1.54, 1.807) is 0 Å². The van der Waals surface area contributed by atoms with Gasteiger partial charge >= 0.3 is 5.97 Å². The molecule has 4 nitrogen and oxygen atoms in total. The molecule has 0 aliphatic heterocycles. The van der Waals surface area contributed by atoms with Crippen molar-refractivity contribution < 1.29 is 9.90 Å². The Kier molecular flexibility index (Phi) is 5.22. The van der Waals surface area contributed by atoms with Crippen LogP contribution in [-0.2, 0) is 4.79 Å². The fourth-order valence-corrected chi connectivity index (χ4v) is 1.82. The number of hydrogen-bond donors (Lipinski definition) is 2. The van der Waals surface area contributed by atoms with E-state index in [4.69, 9.17) is 5.11 Å². The van der Waals surface area contributed by atoms with Crippen LogP contribution in [-0.4, -0.2) is 47.2 Å². The molecule has 0 aromatic heterocycles. The van der Waals surface area contributed by atoms with Crippen LogP contribution in [0.25, 0.3) is 0 Å². The van der Waals surface area contributed by atoms with E-state index >= 15 is 0 Å². The first-order chi connectivity index (χ1) is 7.54. The predicted molar refractivity (Wildman–Crippen MR) is 64.6 cm³/mol. The van der Waals surface area contributed by atoms with Crippen LogP contribution in [0.2, 0.25) is 0 Å². The second-order valence-electron chi connectivity index (χ2n) is 4.92. The minimum atomic E-state index is -0.728. The molecule has 4 heteroatoms. The van der Waals surface area contributed by atoms with Gasteiger partial charge in [-0.1, -0.05) is 6.92 Å². The van der Waals surface area contributed by atoms with Crippen LogP contribution in [0.5, 0.6) is 0 Å². The molecule has 94 valence electrons. The Bertz CT molecular complexity index is 227. The number of nitrogens with zero attached hydrogens (tertiary/aromatic N) is 1. The number of aliphatic carboxylic acids is 1. The summed E-state index contributed by atoms with van der Waals surface area (Å²) in [6.07, 6.45) is 3.31. The van der Waals surface area contributed by atoms with Gasteiger partial charge in [0, 0.05) is 18.6 Å². The highest BCUT2D eigenvalue weighted by molar-refractivity contribution is 5.73. The summed E-state index contributed by atoms with van der Waals surface area (Å²) in [6.45, 7) is 7.93. The van der Waals surface area contributed by atoms with Gasteiger partial charge in [-0.25, -0.2) is 0 Å². The molecule has 16 heavy (non-hydrogen) atoms. The number of carboxylic acids is 1. The number of carboxylic acid groups (broad SMARTS) is 1. The highest BCUT2D eigenvalue weighted by atomic mass is 16.4. The van der Waals surface area contributed by atoms with Gasteiger partial charge in [0.2, 0.25) is 0 Å². The molecule has 1 aliphatic carbocycles. The van der Waals surface area contributed by atoms with Crippen LogP contribution in [0.4, 0.5) is 0 Å². The summed E-state index contributed by atoms with van der Waals surface area (Å²) >= 11 is 0. The average Bonchev–Trinajstić information content (AvgIpc) is 2.99. The lowest BCUT2D eigenvalue weighted by molar-refractivity contribution is -0.140. The monoisotopic (exact) mass is 228 g/mol. The van der Waals surface area contributed by atoms with Crippen molar-refractivity contribution in [1.82, 2.24) is 10.2 Å². The Morgan fingerprint density at radius 3 is 2.50 bits per heavy atom. The average molecular weight is 228 g/mol. The minimum Gasteiger partial charge on any atom is -0.480 e. The van der Waals surface area contributed by atoms with Gasteiger partial charge in [-0.2, -0.15) is 0 Å². The third-order valence-corrected chi connectivity index (χ3v) is 2.97. The molecule has 2 N–H and O–H groups in total. The van der Waals surface area contributed by atoms with Crippen LogP contribution >= 0.6 is 0 Å². The van der Waals surface area contributed by atoms with Crippen LogP contribution in [0.1, 0.15) is 40.0 Å². The standard InChI is InChI=1S/C12H24N2O2/c1-4-7-14(9(2)3)8-11(12(15)16)13-10-5-6-10/h9-11,13H,4-8H2,1-3H3,(H,15,16). The fourth-order valence-electron chi connectivity index (χ4n) is 1.82. The summed E-state index contributed by atoms with van der Waals surface area (Å²) in [5, 5.41) is 12.4. The van der Waals surface area contributed by atoms with Crippen molar-refractivity contribution >= 4 is 5.97 Å². The third-order valence-electron chi connectivity index (χ3n) is 2.97. The lowest BCUT2D eigenvalue weighted by atomic mass is 10.2. The molecular weight excluding hydrogens is 204 g/mol. The molecule has 0 aromatic carbocycles. The molecule has 1 unspecified atom stereocenters. The Balaban J connectivity index is 2.45. The summed E-state index contributed by atoms with van der Waals surface area (Å²) in [6, 6.07) is 0.431. The topological polar surface area (TPSA) is 52.6 Å². The van der Waals surface area contributed by atoms with Gasteiger partial charge in [0.1, 0.15) is 6.04 Å². The molecule has 0 radical (unpaired) electrons.